The van der Waals surface area contributed by atoms with Crippen molar-refractivity contribution in [3.05, 3.63) is 52.6 Å². The fourth-order valence-electron chi connectivity index (χ4n) is 5.62. The van der Waals surface area contributed by atoms with Gasteiger partial charge in [0, 0.05) is 6.61 Å². The van der Waals surface area contributed by atoms with Crippen molar-refractivity contribution in [3.63, 3.8) is 0 Å². The Kier molecular flexibility index (Phi) is 20.4. The highest BCUT2D eigenvalue weighted by Crippen LogP contribution is 2.49. The number of H-pyrrole nitrogens is 1. The molecule has 0 amide bonds. The fourth-order valence-corrected chi connectivity index (χ4v) is 6.93. The Morgan fingerprint density at radius 3 is 2.08 bits per heavy atom. The second-order valence-electron chi connectivity index (χ2n) is 12.7. The number of hydrogen-bond donors (Lipinski definition) is 2. The summed E-state index contributed by atoms with van der Waals surface area (Å²) in [4.78, 5) is 22.6. The molecule has 13 heteroatoms. The van der Waals surface area contributed by atoms with Crippen LogP contribution in [0, 0.1) is 0 Å². The van der Waals surface area contributed by atoms with Crippen LogP contribution >= 0.6 is 7.60 Å². The average Bonchev–Trinajstić information content (AvgIpc) is 3.51. The quantitative estimate of drug-likeness (QED) is 0.0513. The molecule has 0 radical (unpaired) electrons. The number of halogens is 1. The number of nitrogen functional groups attached to an aromatic ring is 1. The van der Waals surface area contributed by atoms with Crippen molar-refractivity contribution < 1.29 is 27.5 Å². The van der Waals surface area contributed by atoms with Crippen LogP contribution in [0.3, 0.4) is 0 Å². The highest BCUT2D eigenvalue weighted by Gasteiger charge is 2.28. The molecule has 0 spiro atoms. The number of nitrogens with two attached hydrogens (primary N) is 1. The lowest BCUT2D eigenvalue weighted by molar-refractivity contribution is 0.0319. The van der Waals surface area contributed by atoms with Crippen LogP contribution in [0.25, 0.3) is 11.2 Å². The van der Waals surface area contributed by atoms with Gasteiger partial charge in [-0.05, 0) is 12.0 Å². The first-order chi connectivity index (χ1) is 23.9. The SMILES string of the molecule is CCCCCCCCCCCCCCCCCCOCCOP(=O)(COC(CF)Cn1cnc2c(=O)[nH]c(N)nc21)OCc1ccccc1. The van der Waals surface area contributed by atoms with E-state index in [0.717, 1.165) is 18.4 Å². The first kappa shape index (κ1) is 40.8. The molecule has 1 aromatic carbocycles. The number of nitrogens with one attached hydrogen (secondary N) is 1. The normalized spacial score (nSPS) is 13.6. The van der Waals surface area contributed by atoms with Gasteiger partial charge in [0.2, 0.25) is 5.95 Å². The van der Waals surface area contributed by atoms with E-state index in [0.29, 0.717) is 6.61 Å². The van der Waals surface area contributed by atoms with Gasteiger partial charge in [0.1, 0.15) is 19.1 Å². The summed E-state index contributed by atoms with van der Waals surface area (Å²) in [6, 6.07) is 9.28. The Morgan fingerprint density at radius 1 is 0.857 bits per heavy atom. The molecule has 0 aliphatic carbocycles. The summed E-state index contributed by atoms with van der Waals surface area (Å²) in [5.41, 5.74) is 6.25. The van der Waals surface area contributed by atoms with E-state index in [2.05, 4.69) is 21.9 Å². The lowest BCUT2D eigenvalue weighted by Crippen LogP contribution is -2.24. The minimum Gasteiger partial charge on any atom is -0.379 e. The van der Waals surface area contributed by atoms with Crippen molar-refractivity contribution in [2.45, 2.75) is 129 Å². The molecule has 0 bridgehead atoms. The van der Waals surface area contributed by atoms with E-state index in [4.69, 9.17) is 24.3 Å². The smallest absolute Gasteiger partial charge is 0.356 e. The fraction of sp³-hybridized carbons (Fsp3) is 0.694. The van der Waals surface area contributed by atoms with E-state index in [1.54, 1.807) is 0 Å². The number of anilines is 1. The van der Waals surface area contributed by atoms with Gasteiger partial charge >= 0.3 is 7.60 Å². The summed E-state index contributed by atoms with van der Waals surface area (Å²) in [5, 5.41) is 0. The number of rotatable bonds is 30. The Hall–Kier alpha value is -2.63. The molecule has 3 rings (SSSR count). The maximum atomic E-state index is 14.0. The minimum atomic E-state index is -3.78. The van der Waals surface area contributed by atoms with Gasteiger partial charge in [-0.25, -0.2) is 9.37 Å². The molecule has 2 atom stereocenters. The summed E-state index contributed by atoms with van der Waals surface area (Å²) in [5.74, 6) is -0.0822. The van der Waals surface area contributed by atoms with E-state index < -0.39 is 32.3 Å². The Balaban J connectivity index is 1.30. The molecule has 0 aliphatic rings. The van der Waals surface area contributed by atoms with Crippen molar-refractivity contribution >= 4 is 24.7 Å². The molecule has 0 saturated carbocycles. The number of imidazole rings is 1. The van der Waals surface area contributed by atoms with Crippen LogP contribution in [-0.4, -0.2) is 58.5 Å². The number of benzene rings is 1. The summed E-state index contributed by atoms with van der Waals surface area (Å²) >= 11 is 0. The molecule has 49 heavy (non-hydrogen) atoms. The standard InChI is InChI=1S/C36H59FN5O6P/c1-2-3-4-5-6-7-8-9-10-11-12-13-14-15-16-20-23-45-24-25-47-49(44,48-28-31-21-18-17-19-22-31)30-46-32(26-37)27-42-29-39-33-34(42)40-36(38)41-35(33)43/h17-19,21-22,29,32H,2-16,20,23-28,30H2,1H3,(H3,38,40,41,43). The number of hydrogen-bond acceptors (Lipinski definition) is 9. The highest BCUT2D eigenvalue weighted by atomic mass is 31.2. The first-order valence-electron chi connectivity index (χ1n) is 18.3. The van der Waals surface area contributed by atoms with E-state index in [9.17, 15) is 13.8 Å². The van der Waals surface area contributed by atoms with Gasteiger partial charge < -0.3 is 28.8 Å². The molecule has 0 saturated heterocycles. The van der Waals surface area contributed by atoms with Gasteiger partial charge in [0.25, 0.3) is 5.56 Å². The Bertz CT molecular complexity index is 1390. The zero-order chi connectivity index (χ0) is 35.0. The third kappa shape index (κ3) is 16.8. The molecular formula is C36H59FN5O6P. The van der Waals surface area contributed by atoms with Crippen molar-refractivity contribution in [2.75, 3.05) is 38.6 Å². The van der Waals surface area contributed by atoms with E-state index in [-0.39, 0.29) is 43.5 Å². The molecule has 276 valence electrons. The lowest BCUT2D eigenvalue weighted by atomic mass is 10.0. The van der Waals surface area contributed by atoms with Crippen LogP contribution in [0.5, 0.6) is 0 Å². The predicted molar refractivity (Wildman–Crippen MR) is 193 cm³/mol. The molecule has 3 N–H and O–H groups in total. The molecule has 2 unspecified atom stereocenters. The summed E-state index contributed by atoms with van der Waals surface area (Å²) < 4.78 is 52.0. The van der Waals surface area contributed by atoms with Crippen molar-refractivity contribution in [3.8, 4) is 0 Å². The van der Waals surface area contributed by atoms with Crippen molar-refractivity contribution in [1.82, 2.24) is 19.5 Å². The van der Waals surface area contributed by atoms with Crippen LogP contribution in [0.4, 0.5) is 10.3 Å². The predicted octanol–water partition coefficient (Wildman–Crippen LogP) is 8.72. The van der Waals surface area contributed by atoms with Gasteiger partial charge in [0.15, 0.2) is 11.2 Å². The first-order valence-corrected chi connectivity index (χ1v) is 20.0. The summed E-state index contributed by atoms with van der Waals surface area (Å²) in [6.45, 7) is 2.30. The topological polar surface area (TPSA) is 144 Å². The van der Waals surface area contributed by atoms with Gasteiger partial charge in [-0.15, -0.1) is 0 Å². The molecule has 11 nitrogen and oxygen atoms in total. The largest absolute Gasteiger partial charge is 0.379 e. The maximum Gasteiger partial charge on any atom is 0.356 e. The van der Waals surface area contributed by atoms with Crippen LogP contribution < -0.4 is 11.3 Å². The summed E-state index contributed by atoms with van der Waals surface area (Å²) in [7, 11) is -3.78. The monoisotopic (exact) mass is 707 g/mol. The number of unbranched alkanes of at least 4 members (excludes halogenated alkanes) is 15. The molecular weight excluding hydrogens is 648 g/mol. The number of ether oxygens (including phenoxy) is 2. The maximum absolute atomic E-state index is 14.0. The van der Waals surface area contributed by atoms with Crippen molar-refractivity contribution in [1.29, 1.82) is 0 Å². The zero-order valence-corrected chi connectivity index (χ0v) is 30.4. The second kappa shape index (κ2) is 24.5. The van der Waals surface area contributed by atoms with Gasteiger partial charge in [0.05, 0.1) is 32.7 Å². The lowest BCUT2D eigenvalue weighted by Gasteiger charge is -2.22. The Labute approximate surface area is 291 Å². The highest BCUT2D eigenvalue weighted by molar-refractivity contribution is 7.53. The number of nitrogens with zero attached hydrogens (tertiary/aromatic N) is 3. The van der Waals surface area contributed by atoms with Gasteiger partial charge in [-0.2, -0.15) is 4.98 Å². The van der Waals surface area contributed by atoms with E-state index in [1.807, 2.05) is 30.3 Å². The zero-order valence-electron chi connectivity index (χ0n) is 29.5. The number of aromatic nitrogens is 4. The van der Waals surface area contributed by atoms with Crippen molar-refractivity contribution in [2.24, 2.45) is 0 Å². The van der Waals surface area contributed by atoms with Crippen LogP contribution in [0.1, 0.15) is 115 Å². The molecule has 2 heterocycles. The van der Waals surface area contributed by atoms with E-state index in [1.165, 1.54) is 101 Å². The minimum absolute atomic E-state index is 0.0377. The molecule has 0 fully saturated rings. The molecule has 0 aliphatic heterocycles. The molecule has 3 aromatic rings. The van der Waals surface area contributed by atoms with Crippen LogP contribution in [0.15, 0.2) is 41.5 Å². The average molecular weight is 708 g/mol. The van der Waals surface area contributed by atoms with Gasteiger partial charge in [-0.3, -0.25) is 14.3 Å². The van der Waals surface area contributed by atoms with Gasteiger partial charge in [-0.1, -0.05) is 134 Å². The number of alkyl halides is 1. The molecule has 2 aromatic heterocycles. The number of aromatic amines is 1. The van der Waals surface area contributed by atoms with Crippen LogP contribution in [0.2, 0.25) is 0 Å². The third-order valence-electron chi connectivity index (χ3n) is 8.46. The van der Waals surface area contributed by atoms with E-state index >= 15 is 0 Å². The Morgan fingerprint density at radius 2 is 1.47 bits per heavy atom. The third-order valence-corrected chi connectivity index (χ3v) is 10.0. The second-order valence-corrected chi connectivity index (χ2v) is 14.7. The van der Waals surface area contributed by atoms with Crippen LogP contribution in [-0.2, 0) is 36.2 Å². The number of fused-ring (bicyclic) bond motifs is 1. The summed E-state index contributed by atoms with van der Waals surface area (Å²) in [6.07, 6.45) is 20.9.